The number of nitrogens with zero attached hydrogens (tertiary/aromatic N) is 1. The first-order chi connectivity index (χ1) is 9.36. The van der Waals surface area contributed by atoms with Crippen molar-refractivity contribution in [1.29, 1.82) is 0 Å². The van der Waals surface area contributed by atoms with Crippen molar-refractivity contribution in [3.63, 3.8) is 0 Å². The molecule has 0 radical (unpaired) electrons. The Morgan fingerprint density at radius 3 is 2.60 bits per heavy atom. The van der Waals surface area contributed by atoms with Gasteiger partial charge in [0.05, 0.1) is 19.0 Å². The smallest absolute Gasteiger partial charge is 0.356 e. The summed E-state index contributed by atoms with van der Waals surface area (Å²) in [7, 11) is 1.27. The molecule has 1 heterocycles. The number of ether oxygens (including phenoxy) is 1. The van der Waals surface area contributed by atoms with Crippen LogP contribution in [-0.4, -0.2) is 24.5 Å². The molecule has 0 aromatic carbocycles. The molecule has 2 N–H and O–H groups in total. The van der Waals surface area contributed by atoms with Crippen molar-refractivity contribution in [2.45, 2.75) is 39.0 Å². The summed E-state index contributed by atoms with van der Waals surface area (Å²) in [5, 5.41) is 0. The molecule has 2 atom stereocenters. The number of hydrogen-bond donors (Lipinski definition) is 1. The number of pyridine rings is 1. The number of hydrogen-bond acceptors (Lipinski definition) is 4. The molecule has 0 saturated heterocycles. The Hall–Kier alpha value is -1.72. The summed E-state index contributed by atoms with van der Waals surface area (Å²) in [5.41, 5.74) is 7.20. The third-order valence-electron chi connectivity index (χ3n) is 3.38. The standard InChI is InChI=1S/C14H20F2N2O2/c1-8(4-5-9(2)13(15)16)10-6-12(14(19)20-3)18-7-11(10)17/h6-9,13H,4-5,17H2,1-3H3/t8-,9+/m1/s1. The quantitative estimate of drug-likeness (QED) is 0.815. The highest BCUT2D eigenvalue weighted by Crippen LogP contribution is 2.29. The average molecular weight is 286 g/mol. The lowest BCUT2D eigenvalue weighted by Crippen LogP contribution is -2.11. The first-order valence-electron chi connectivity index (χ1n) is 6.48. The van der Waals surface area contributed by atoms with E-state index in [4.69, 9.17) is 5.73 Å². The van der Waals surface area contributed by atoms with E-state index < -0.39 is 18.3 Å². The van der Waals surface area contributed by atoms with Crippen LogP contribution in [0.1, 0.15) is 48.7 Å². The number of rotatable bonds is 6. The molecule has 1 aromatic rings. The molecular weight excluding hydrogens is 266 g/mol. The van der Waals surface area contributed by atoms with E-state index >= 15 is 0 Å². The third kappa shape index (κ3) is 4.15. The van der Waals surface area contributed by atoms with Crippen LogP contribution >= 0.6 is 0 Å². The summed E-state index contributed by atoms with van der Waals surface area (Å²) in [6.07, 6.45) is 0.0472. The highest BCUT2D eigenvalue weighted by atomic mass is 19.3. The van der Waals surface area contributed by atoms with Crippen molar-refractivity contribution in [3.05, 3.63) is 23.5 Å². The summed E-state index contributed by atoms with van der Waals surface area (Å²) >= 11 is 0. The van der Waals surface area contributed by atoms with E-state index in [1.807, 2.05) is 6.92 Å². The Morgan fingerprint density at radius 1 is 1.40 bits per heavy atom. The number of carbonyl (C=O) groups excluding carboxylic acids is 1. The van der Waals surface area contributed by atoms with Crippen molar-refractivity contribution < 1.29 is 18.3 Å². The molecule has 20 heavy (non-hydrogen) atoms. The van der Waals surface area contributed by atoms with E-state index in [-0.39, 0.29) is 11.6 Å². The predicted octanol–water partition coefficient (Wildman–Crippen LogP) is 3.24. The number of aromatic nitrogens is 1. The maximum Gasteiger partial charge on any atom is 0.356 e. The fourth-order valence-corrected chi connectivity index (χ4v) is 1.92. The van der Waals surface area contributed by atoms with Gasteiger partial charge in [-0.15, -0.1) is 0 Å². The number of nitrogen functional groups attached to an aromatic ring is 1. The number of anilines is 1. The molecule has 0 bridgehead atoms. The maximum absolute atomic E-state index is 12.5. The van der Waals surface area contributed by atoms with E-state index in [9.17, 15) is 13.6 Å². The van der Waals surface area contributed by atoms with Gasteiger partial charge in [0.2, 0.25) is 6.43 Å². The van der Waals surface area contributed by atoms with Crippen LogP contribution in [0.5, 0.6) is 0 Å². The molecule has 0 amide bonds. The second-order valence-electron chi connectivity index (χ2n) is 4.98. The van der Waals surface area contributed by atoms with E-state index in [2.05, 4.69) is 9.72 Å². The van der Waals surface area contributed by atoms with Gasteiger partial charge in [-0.05, 0) is 30.4 Å². The lowest BCUT2D eigenvalue weighted by atomic mass is 9.91. The van der Waals surface area contributed by atoms with E-state index in [1.54, 1.807) is 6.07 Å². The molecular formula is C14H20F2N2O2. The van der Waals surface area contributed by atoms with Crippen LogP contribution in [0.2, 0.25) is 0 Å². The normalized spacial score (nSPS) is 14.1. The first kappa shape index (κ1) is 16.3. The van der Waals surface area contributed by atoms with Gasteiger partial charge < -0.3 is 10.5 Å². The summed E-state index contributed by atoms with van der Waals surface area (Å²) in [5.74, 6) is -1.22. The van der Waals surface area contributed by atoms with Gasteiger partial charge >= 0.3 is 5.97 Å². The number of alkyl halides is 2. The maximum atomic E-state index is 12.5. The minimum atomic E-state index is -2.32. The summed E-state index contributed by atoms with van der Waals surface area (Å²) in [6, 6.07) is 1.57. The molecule has 112 valence electrons. The van der Waals surface area contributed by atoms with Gasteiger partial charge in [-0.25, -0.2) is 18.6 Å². The van der Waals surface area contributed by atoms with Crippen LogP contribution in [-0.2, 0) is 4.74 Å². The molecule has 0 aliphatic rings. The summed E-state index contributed by atoms with van der Waals surface area (Å²) in [6.45, 7) is 3.41. The highest BCUT2D eigenvalue weighted by Gasteiger charge is 2.19. The Kier molecular flexibility index (Phi) is 5.85. The second kappa shape index (κ2) is 7.17. The van der Waals surface area contributed by atoms with Gasteiger partial charge in [-0.2, -0.15) is 0 Å². The van der Waals surface area contributed by atoms with Crippen LogP contribution in [0.15, 0.2) is 12.3 Å². The van der Waals surface area contributed by atoms with Gasteiger partial charge in [-0.1, -0.05) is 13.8 Å². The zero-order valence-corrected chi connectivity index (χ0v) is 11.9. The first-order valence-corrected chi connectivity index (χ1v) is 6.48. The van der Waals surface area contributed by atoms with Crippen molar-refractivity contribution in [1.82, 2.24) is 4.98 Å². The zero-order valence-electron chi connectivity index (χ0n) is 11.9. The number of carbonyl (C=O) groups is 1. The Balaban J connectivity index is 2.81. The van der Waals surface area contributed by atoms with E-state index in [0.717, 1.165) is 5.56 Å². The van der Waals surface area contributed by atoms with Crippen LogP contribution in [0, 0.1) is 5.92 Å². The zero-order chi connectivity index (χ0) is 15.3. The SMILES string of the molecule is COC(=O)c1cc([C@H](C)CC[C@H](C)C(F)F)c(N)cn1. The van der Waals surface area contributed by atoms with Gasteiger partial charge in [0.25, 0.3) is 0 Å². The van der Waals surface area contributed by atoms with Crippen LogP contribution < -0.4 is 5.73 Å². The fraction of sp³-hybridized carbons (Fsp3) is 0.571. The largest absolute Gasteiger partial charge is 0.464 e. The Labute approximate surface area is 117 Å². The fourth-order valence-electron chi connectivity index (χ4n) is 1.92. The Bertz CT molecular complexity index is 466. The number of methoxy groups -OCH3 is 1. The minimum absolute atomic E-state index is 0.0254. The number of esters is 1. The lowest BCUT2D eigenvalue weighted by Gasteiger charge is -2.17. The van der Waals surface area contributed by atoms with Crippen molar-refractivity contribution in [3.8, 4) is 0 Å². The summed E-state index contributed by atoms with van der Waals surface area (Å²) < 4.78 is 29.6. The van der Waals surface area contributed by atoms with Gasteiger partial charge in [-0.3, -0.25) is 0 Å². The van der Waals surface area contributed by atoms with Gasteiger partial charge in [0.15, 0.2) is 0 Å². The molecule has 4 nitrogen and oxygen atoms in total. The minimum Gasteiger partial charge on any atom is -0.464 e. The Morgan fingerprint density at radius 2 is 2.05 bits per heavy atom. The lowest BCUT2D eigenvalue weighted by molar-refractivity contribution is 0.0594. The van der Waals surface area contributed by atoms with Crippen LogP contribution in [0.4, 0.5) is 14.5 Å². The van der Waals surface area contributed by atoms with Crippen molar-refractivity contribution >= 4 is 11.7 Å². The average Bonchev–Trinajstić information content (AvgIpc) is 2.43. The van der Waals surface area contributed by atoms with E-state index in [0.29, 0.717) is 18.5 Å². The topological polar surface area (TPSA) is 65.2 Å². The number of nitrogens with two attached hydrogens (primary N) is 1. The molecule has 6 heteroatoms. The third-order valence-corrected chi connectivity index (χ3v) is 3.38. The monoisotopic (exact) mass is 286 g/mol. The molecule has 0 aliphatic carbocycles. The van der Waals surface area contributed by atoms with Crippen LogP contribution in [0.25, 0.3) is 0 Å². The summed E-state index contributed by atoms with van der Waals surface area (Å²) in [4.78, 5) is 15.3. The van der Waals surface area contributed by atoms with E-state index in [1.165, 1.54) is 20.2 Å². The highest BCUT2D eigenvalue weighted by molar-refractivity contribution is 5.87. The molecule has 0 saturated carbocycles. The molecule has 0 aliphatic heterocycles. The predicted molar refractivity (Wildman–Crippen MR) is 72.8 cm³/mol. The van der Waals surface area contributed by atoms with Crippen molar-refractivity contribution in [2.24, 2.45) is 5.92 Å². The molecule has 0 fully saturated rings. The number of halogens is 2. The van der Waals surface area contributed by atoms with Gasteiger partial charge in [0.1, 0.15) is 5.69 Å². The molecule has 0 unspecified atom stereocenters. The second-order valence-corrected chi connectivity index (χ2v) is 4.98. The van der Waals surface area contributed by atoms with Gasteiger partial charge in [0, 0.05) is 5.92 Å². The molecule has 1 aromatic heterocycles. The van der Waals surface area contributed by atoms with Crippen molar-refractivity contribution in [2.75, 3.05) is 12.8 Å². The molecule has 1 rings (SSSR count). The van der Waals surface area contributed by atoms with Crippen LogP contribution in [0.3, 0.4) is 0 Å². The molecule has 0 spiro atoms.